The van der Waals surface area contributed by atoms with Crippen molar-refractivity contribution >= 4 is 39.6 Å². The van der Waals surface area contributed by atoms with Crippen molar-refractivity contribution in [2.24, 2.45) is 0 Å². The predicted molar refractivity (Wildman–Crippen MR) is 140 cm³/mol. The van der Waals surface area contributed by atoms with E-state index in [1.807, 2.05) is 0 Å². The number of fused-ring (bicyclic) bond motifs is 4. The van der Waals surface area contributed by atoms with E-state index in [0.29, 0.717) is 49.2 Å². The third kappa shape index (κ3) is 4.05. The summed E-state index contributed by atoms with van der Waals surface area (Å²) in [7, 11) is 3.18. The molecule has 1 spiro atoms. The van der Waals surface area contributed by atoms with E-state index in [9.17, 15) is 4.79 Å². The van der Waals surface area contributed by atoms with Crippen molar-refractivity contribution in [3.8, 4) is 22.8 Å². The molecule has 1 aliphatic heterocycles. The van der Waals surface area contributed by atoms with Crippen LogP contribution in [0.4, 0.5) is 5.82 Å². The Hall–Kier alpha value is -2.69. The lowest BCUT2D eigenvalue weighted by Crippen LogP contribution is -2.40. The first-order valence-corrected chi connectivity index (χ1v) is 13.5. The summed E-state index contributed by atoms with van der Waals surface area (Å²) in [6.07, 6.45) is 3.23. The Morgan fingerprint density at radius 3 is 2.53 bits per heavy atom. The molecule has 0 unspecified atom stereocenters. The minimum Gasteiger partial charge on any atom is -0.495 e. The molecule has 0 radical (unpaired) electrons. The normalized spacial score (nSPS) is 17.4. The van der Waals surface area contributed by atoms with Crippen LogP contribution in [-0.2, 0) is 16.6 Å². The molecule has 2 aliphatic carbocycles. The zero-order chi connectivity index (χ0) is 24.9. The number of carbonyl (C=O) groups is 1. The van der Waals surface area contributed by atoms with Gasteiger partial charge in [0.2, 0.25) is 0 Å². The van der Waals surface area contributed by atoms with E-state index in [2.05, 4.69) is 44.0 Å². The lowest BCUT2D eigenvalue weighted by atomic mass is 9.79. The number of carbonyl (C=O) groups excluding carboxylic acids is 1. The number of benzene rings is 2. The van der Waals surface area contributed by atoms with Gasteiger partial charge in [-0.1, -0.05) is 27.2 Å². The van der Waals surface area contributed by atoms with Crippen LogP contribution in [0.15, 0.2) is 44.2 Å². The van der Waals surface area contributed by atoms with Gasteiger partial charge in [0.15, 0.2) is 11.6 Å². The van der Waals surface area contributed by atoms with Crippen LogP contribution in [0.3, 0.4) is 0 Å². The first-order chi connectivity index (χ1) is 17.5. The number of aromatic nitrogens is 1. The van der Waals surface area contributed by atoms with E-state index in [4.69, 9.17) is 18.7 Å². The SMILES string of the molecule is COc1cc(C(=O)N2CCOCC2)cc(OC)c1SNc1noc2c1CC1(CC1)c1ccc(Br)cc1-2. The number of nitrogens with zero attached hydrogens (tertiary/aromatic N) is 2. The average Bonchev–Trinajstić information content (AvgIpc) is 3.57. The zero-order valence-corrected chi connectivity index (χ0v) is 22.5. The Balaban J connectivity index is 1.28. The van der Waals surface area contributed by atoms with Crippen LogP contribution in [0.25, 0.3) is 11.3 Å². The fourth-order valence-corrected chi connectivity index (χ4v) is 6.32. The Morgan fingerprint density at radius 2 is 1.86 bits per heavy atom. The van der Waals surface area contributed by atoms with Crippen molar-refractivity contribution in [2.45, 2.75) is 29.6 Å². The van der Waals surface area contributed by atoms with Gasteiger partial charge >= 0.3 is 0 Å². The molecular formula is C26H26BrN3O5S. The summed E-state index contributed by atoms with van der Waals surface area (Å²) < 4.78 is 26.9. The van der Waals surface area contributed by atoms with Crippen molar-refractivity contribution in [2.75, 3.05) is 45.2 Å². The summed E-state index contributed by atoms with van der Waals surface area (Å²) in [6.45, 7) is 2.23. The molecule has 1 amide bonds. The number of ether oxygens (including phenoxy) is 3. The number of nitrogens with one attached hydrogen (secondary N) is 1. The van der Waals surface area contributed by atoms with Crippen LogP contribution in [0, 0.1) is 0 Å². The highest BCUT2D eigenvalue weighted by molar-refractivity contribution is 9.10. The van der Waals surface area contributed by atoms with E-state index >= 15 is 0 Å². The highest BCUT2D eigenvalue weighted by Crippen LogP contribution is 2.58. The van der Waals surface area contributed by atoms with Crippen LogP contribution in [0.5, 0.6) is 11.5 Å². The molecule has 1 N–H and O–H groups in total. The van der Waals surface area contributed by atoms with Crippen molar-refractivity contribution in [3.05, 3.63) is 51.5 Å². The monoisotopic (exact) mass is 571 g/mol. The standard InChI is InChI=1S/C26H26BrN3O5S/c1-32-20-11-15(25(31)30-7-9-34-10-8-30)12-21(33-2)23(20)36-29-24-18-14-26(5-6-26)19-4-3-16(27)13-17(19)22(18)35-28-24/h3-4,11-13H,5-10,14H2,1-2H3,(H,28,29). The molecule has 1 aromatic heterocycles. The van der Waals surface area contributed by atoms with Crippen LogP contribution in [0.1, 0.15) is 34.3 Å². The van der Waals surface area contributed by atoms with Crippen LogP contribution < -0.4 is 14.2 Å². The number of hydrogen-bond donors (Lipinski definition) is 1. The summed E-state index contributed by atoms with van der Waals surface area (Å²) in [5.74, 6) is 2.55. The highest BCUT2D eigenvalue weighted by Gasteiger charge is 2.50. The molecule has 6 rings (SSSR count). The molecular weight excluding hydrogens is 546 g/mol. The van der Waals surface area contributed by atoms with E-state index in [1.165, 1.54) is 30.4 Å². The fourth-order valence-electron chi connectivity index (χ4n) is 5.11. The minimum absolute atomic E-state index is 0.0652. The van der Waals surface area contributed by atoms with Crippen molar-refractivity contribution in [1.82, 2.24) is 10.1 Å². The van der Waals surface area contributed by atoms with Gasteiger partial charge < -0.3 is 28.4 Å². The molecule has 3 aromatic rings. The van der Waals surface area contributed by atoms with E-state index in [1.54, 1.807) is 31.3 Å². The summed E-state index contributed by atoms with van der Waals surface area (Å²) >= 11 is 4.94. The molecule has 1 saturated heterocycles. The third-order valence-corrected chi connectivity index (χ3v) is 8.61. The number of hydrogen-bond acceptors (Lipinski definition) is 8. The number of anilines is 1. The number of halogens is 1. The first kappa shape index (κ1) is 23.7. The Morgan fingerprint density at radius 1 is 1.14 bits per heavy atom. The van der Waals surface area contributed by atoms with Gasteiger partial charge in [0.1, 0.15) is 16.4 Å². The van der Waals surface area contributed by atoms with Gasteiger partial charge in [0.25, 0.3) is 5.91 Å². The molecule has 36 heavy (non-hydrogen) atoms. The predicted octanol–water partition coefficient (Wildman–Crippen LogP) is 5.30. The van der Waals surface area contributed by atoms with Gasteiger partial charge in [-0.3, -0.25) is 4.79 Å². The highest BCUT2D eigenvalue weighted by atomic mass is 79.9. The van der Waals surface area contributed by atoms with Crippen molar-refractivity contribution in [1.29, 1.82) is 0 Å². The summed E-state index contributed by atoms with van der Waals surface area (Å²) in [5.41, 5.74) is 4.23. The second kappa shape index (κ2) is 9.32. The number of morpholine rings is 1. The molecule has 2 fully saturated rings. The van der Waals surface area contributed by atoms with Crippen LogP contribution in [-0.4, -0.2) is 56.5 Å². The topological polar surface area (TPSA) is 86.1 Å². The average molecular weight is 572 g/mol. The molecule has 188 valence electrons. The van der Waals surface area contributed by atoms with Gasteiger partial charge in [-0.25, -0.2) is 0 Å². The molecule has 8 nitrogen and oxygen atoms in total. The van der Waals surface area contributed by atoms with Gasteiger partial charge in [-0.05, 0) is 61.0 Å². The Labute approximate surface area is 221 Å². The molecule has 3 aliphatic rings. The molecule has 1 saturated carbocycles. The van der Waals surface area contributed by atoms with Gasteiger partial charge in [-0.15, -0.1) is 0 Å². The summed E-state index contributed by atoms with van der Waals surface area (Å²) in [6, 6.07) is 9.94. The maximum Gasteiger partial charge on any atom is 0.254 e. The number of amides is 1. The maximum absolute atomic E-state index is 13.1. The minimum atomic E-state index is -0.0652. The van der Waals surface area contributed by atoms with Crippen molar-refractivity contribution in [3.63, 3.8) is 0 Å². The lowest BCUT2D eigenvalue weighted by molar-refractivity contribution is 0.0302. The Bertz CT molecular complexity index is 1310. The van der Waals surface area contributed by atoms with Gasteiger partial charge in [0, 0.05) is 39.7 Å². The van der Waals surface area contributed by atoms with Crippen LogP contribution >= 0.6 is 27.9 Å². The van der Waals surface area contributed by atoms with Crippen LogP contribution in [0.2, 0.25) is 0 Å². The van der Waals surface area contributed by atoms with E-state index < -0.39 is 0 Å². The van der Waals surface area contributed by atoms with Gasteiger partial charge in [0.05, 0.1) is 27.4 Å². The summed E-state index contributed by atoms with van der Waals surface area (Å²) in [5, 5.41) is 4.38. The molecule has 0 atom stereocenters. The first-order valence-electron chi connectivity index (χ1n) is 11.9. The molecule has 0 bridgehead atoms. The van der Waals surface area contributed by atoms with Crippen molar-refractivity contribution < 1.29 is 23.5 Å². The van der Waals surface area contributed by atoms with E-state index in [0.717, 1.165) is 32.7 Å². The largest absolute Gasteiger partial charge is 0.495 e. The fraction of sp³-hybridized carbons (Fsp3) is 0.385. The second-order valence-electron chi connectivity index (χ2n) is 9.30. The lowest BCUT2D eigenvalue weighted by Gasteiger charge is -2.27. The second-order valence-corrected chi connectivity index (χ2v) is 11.0. The smallest absolute Gasteiger partial charge is 0.254 e. The molecule has 2 heterocycles. The maximum atomic E-state index is 13.1. The number of methoxy groups -OCH3 is 2. The molecule has 2 aromatic carbocycles. The van der Waals surface area contributed by atoms with E-state index in [-0.39, 0.29) is 11.3 Å². The molecule has 10 heteroatoms. The van der Waals surface area contributed by atoms with Gasteiger partial charge in [-0.2, -0.15) is 0 Å². The summed E-state index contributed by atoms with van der Waals surface area (Å²) in [4.78, 5) is 15.6. The zero-order valence-electron chi connectivity index (χ0n) is 20.1. The Kier molecular flexibility index (Phi) is 6.13. The number of rotatable bonds is 6. The quantitative estimate of drug-likeness (QED) is 0.399. The third-order valence-electron chi connectivity index (χ3n) is 7.21.